The summed E-state index contributed by atoms with van der Waals surface area (Å²) in [5.41, 5.74) is 6.08. The number of nitrogen functional groups attached to an aromatic ring is 1. The zero-order valence-corrected chi connectivity index (χ0v) is 13.9. The van der Waals surface area contributed by atoms with Crippen molar-refractivity contribution in [3.05, 3.63) is 59.7 Å². The molecule has 26 heavy (non-hydrogen) atoms. The van der Waals surface area contributed by atoms with E-state index in [4.69, 9.17) is 10.5 Å². The van der Waals surface area contributed by atoms with Crippen LogP contribution in [0.5, 0.6) is 0 Å². The molecule has 0 radical (unpaired) electrons. The van der Waals surface area contributed by atoms with Crippen molar-refractivity contribution in [3.8, 4) is 0 Å². The molecule has 2 rings (SSSR count). The molecule has 0 aliphatic rings. The van der Waals surface area contributed by atoms with Gasteiger partial charge in [-0.05, 0) is 31.2 Å². The zero-order valence-electron chi connectivity index (χ0n) is 13.9. The molecule has 2 aromatic carbocycles. The Bertz CT molecular complexity index is 863. The number of imide groups is 1. The van der Waals surface area contributed by atoms with Crippen molar-refractivity contribution in [1.82, 2.24) is 5.32 Å². The van der Waals surface area contributed by atoms with E-state index in [2.05, 4.69) is 5.32 Å². The van der Waals surface area contributed by atoms with Crippen molar-refractivity contribution in [3.63, 3.8) is 0 Å². The average molecular weight is 355 g/mol. The first-order valence-corrected chi connectivity index (χ1v) is 7.71. The van der Waals surface area contributed by atoms with E-state index < -0.39 is 23.7 Å². The summed E-state index contributed by atoms with van der Waals surface area (Å²) < 4.78 is 4.89. The smallest absolute Gasteiger partial charge is 0.340 e. The van der Waals surface area contributed by atoms with Crippen LogP contribution in [0.25, 0.3) is 0 Å². The first-order chi connectivity index (χ1) is 12.4. The van der Waals surface area contributed by atoms with E-state index in [0.29, 0.717) is 0 Å². The monoisotopic (exact) mass is 355 g/mol. The number of para-hydroxylation sites is 2. The summed E-state index contributed by atoms with van der Waals surface area (Å²) in [5, 5.41) is 4.23. The Hall–Kier alpha value is -3.68. The second kappa shape index (κ2) is 8.43. The number of nitrogens with one attached hydrogen (secondary N) is 2. The number of anilines is 2. The van der Waals surface area contributed by atoms with Gasteiger partial charge in [-0.15, -0.1) is 0 Å². The van der Waals surface area contributed by atoms with E-state index in [1.165, 1.54) is 24.3 Å². The van der Waals surface area contributed by atoms with Gasteiger partial charge in [0.05, 0.1) is 23.4 Å². The number of carbonyl (C=O) groups is 4. The Morgan fingerprint density at radius 1 is 0.923 bits per heavy atom. The lowest BCUT2D eigenvalue weighted by molar-refractivity contribution is -0.135. The maximum absolute atomic E-state index is 12.0. The molecule has 0 saturated heterocycles. The predicted octanol–water partition coefficient (Wildman–Crippen LogP) is 1.34. The topological polar surface area (TPSA) is 128 Å². The van der Waals surface area contributed by atoms with E-state index >= 15 is 0 Å². The lowest BCUT2D eigenvalue weighted by atomic mass is 10.1. The molecule has 0 spiro atoms. The highest BCUT2D eigenvalue weighted by Gasteiger charge is 2.21. The van der Waals surface area contributed by atoms with Crippen molar-refractivity contribution in [1.29, 1.82) is 0 Å². The highest BCUT2D eigenvalue weighted by atomic mass is 16.5. The second-order valence-corrected chi connectivity index (χ2v) is 5.09. The molecule has 0 atom stereocenters. The van der Waals surface area contributed by atoms with Gasteiger partial charge in [-0.1, -0.05) is 24.3 Å². The molecular weight excluding hydrogens is 338 g/mol. The summed E-state index contributed by atoms with van der Waals surface area (Å²) in [6.45, 7) is 1.81. The van der Waals surface area contributed by atoms with Crippen LogP contribution in [0, 0.1) is 0 Å². The second-order valence-electron chi connectivity index (χ2n) is 5.09. The number of esters is 1. The van der Waals surface area contributed by atoms with Crippen molar-refractivity contribution in [2.75, 3.05) is 17.7 Å². The van der Waals surface area contributed by atoms with Crippen molar-refractivity contribution < 1.29 is 23.9 Å². The minimum absolute atomic E-state index is 0.0700. The fourth-order valence-electron chi connectivity index (χ4n) is 2.09. The fraction of sp³-hybridized carbons (Fsp3) is 0.111. The Labute approximate surface area is 149 Å². The van der Waals surface area contributed by atoms with E-state index in [-0.39, 0.29) is 29.1 Å². The number of amides is 3. The van der Waals surface area contributed by atoms with Gasteiger partial charge in [-0.2, -0.15) is 0 Å². The molecule has 0 aliphatic heterocycles. The first-order valence-electron chi connectivity index (χ1n) is 7.71. The normalized spacial score (nSPS) is 9.88. The van der Waals surface area contributed by atoms with Crippen LogP contribution in [0.2, 0.25) is 0 Å². The summed E-state index contributed by atoms with van der Waals surface area (Å²) in [7, 11) is 0. The predicted molar refractivity (Wildman–Crippen MR) is 94.4 cm³/mol. The van der Waals surface area contributed by atoms with Crippen LogP contribution in [0.4, 0.5) is 11.4 Å². The third-order valence-corrected chi connectivity index (χ3v) is 3.31. The maximum atomic E-state index is 12.0. The summed E-state index contributed by atoms with van der Waals surface area (Å²) >= 11 is 0. The molecule has 0 bridgehead atoms. The maximum Gasteiger partial charge on any atom is 0.340 e. The highest BCUT2D eigenvalue weighted by Crippen LogP contribution is 2.16. The van der Waals surface area contributed by atoms with E-state index in [1.807, 2.05) is 5.32 Å². The van der Waals surface area contributed by atoms with Gasteiger partial charge >= 0.3 is 17.8 Å². The van der Waals surface area contributed by atoms with Crippen LogP contribution >= 0.6 is 0 Å². The molecule has 2 aromatic rings. The Morgan fingerprint density at radius 3 is 2.19 bits per heavy atom. The molecule has 0 fully saturated rings. The van der Waals surface area contributed by atoms with Gasteiger partial charge in [0.15, 0.2) is 0 Å². The molecular formula is C18H17N3O5. The van der Waals surface area contributed by atoms with Gasteiger partial charge in [0.2, 0.25) is 0 Å². The van der Waals surface area contributed by atoms with E-state index in [0.717, 1.165) is 0 Å². The Kier molecular flexibility index (Phi) is 6.05. The van der Waals surface area contributed by atoms with Crippen LogP contribution in [0.15, 0.2) is 48.5 Å². The molecule has 3 amide bonds. The van der Waals surface area contributed by atoms with E-state index in [1.54, 1.807) is 31.2 Å². The third kappa shape index (κ3) is 4.44. The largest absolute Gasteiger partial charge is 0.462 e. The summed E-state index contributed by atoms with van der Waals surface area (Å²) in [6.07, 6.45) is 0. The quantitative estimate of drug-likeness (QED) is 0.431. The van der Waals surface area contributed by atoms with Crippen molar-refractivity contribution >= 4 is 35.1 Å². The molecule has 0 unspecified atom stereocenters. The fourth-order valence-corrected chi connectivity index (χ4v) is 2.09. The van der Waals surface area contributed by atoms with Gasteiger partial charge < -0.3 is 15.8 Å². The molecule has 0 aliphatic carbocycles. The van der Waals surface area contributed by atoms with Crippen LogP contribution in [0.3, 0.4) is 0 Å². The first kappa shape index (κ1) is 18.7. The van der Waals surface area contributed by atoms with Crippen LogP contribution in [-0.4, -0.2) is 30.3 Å². The SMILES string of the molecule is CCOC(=O)c1ccccc1NC(=O)C(=O)NC(=O)c1ccccc1N. The molecule has 0 aromatic heterocycles. The number of rotatable bonds is 4. The summed E-state index contributed by atoms with van der Waals surface area (Å²) in [6, 6.07) is 12.2. The number of benzene rings is 2. The summed E-state index contributed by atoms with van der Waals surface area (Å²) in [4.78, 5) is 47.9. The Morgan fingerprint density at radius 2 is 1.54 bits per heavy atom. The minimum atomic E-state index is -1.18. The average Bonchev–Trinajstić information content (AvgIpc) is 2.62. The van der Waals surface area contributed by atoms with Crippen LogP contribution in [-0.2, 0) is 14.3 Å². The zero-order chi connectivity index (χ0) is 19.1. The lowest BCUT2D eigenvalue weighted by Crippen LogP contribution is -2.39. The Balaban J connectivity index is 2.08. The molecule has 8 heteroatoms. The standard InChI is InChI=1S/C18H17N3O5/c1-2-26-18(25)12-8-4-6-10-14(12)20-16(23)17(24)21-15(22)11-7-3-5-9-13(11)19/h3-10H,2,19H2,1H3,(H,20,23)(H,21,22,24). The molecule has 134 valence electrons. The van der Waals surface area contributed by atoms with Gasteiger partial charge in [0.25, 0.3) is 5.91 Å². The molecule has 0 saturated carbocycles. The summed E-state index contributed by atoms with van der Waals surface area (Å²) in [5.74, 6) is -3.74. The molecule has 4 N–H and O–H groups in total. The van der Waals surface area contributed by atoms with Crippen molar-refractivity contribution in [2.45, 2.75) is 6.92 Å². The van der Waals surface area contributed by atoms with Crippen LogP contribution in [0.1, 0.15) is 27.6 Å². The van der Waals surface area contributed by atoms with Crippen molar-refractivity contribution in [2.24, 2.45) is 0 Å². The lowest BCUT2D eigenvalue weighted by Gasteiger charge is -2.10. The number of hydrogen-bond donors (Lipinski definition) is 3. The highest BCUT2D eigenvalue weighted by molar-refractivity contribution is 6.42. The van der Waals surface area contributed by atoms with Gasteiger partial charge in [-0.25, -0.2) is 4.79 Å². The third-order valence-electron chi connectivity index (χ3n) is 3.31. The molecule has 0 heterocycles. The number of ether oxygens (including phenoxy) is 1. The number of nitrogens with two attached hydrogens (primary N) is 1. The van der Waals surface area contributed by atoms with Gasteiger partial charge in [0, 0.05) is 5.69 Å². The van der Waals surface area contributed by atoms with E-state index in [9.17, 15) is 19.2 Å². The number of carbonyl (C=O) groups excluding carboxylic acids is 4. The molecule has 8 nitrogen and oxygen atoms in total. The minimum Gasteiger partial charge on any atom is -0.462 e. The number of hydrogen-bond acceptors (Lipinski definition) is 6. The van der Waals surface area contributed by atoms with Gasteiger partial charge in [-0.3, -0.25) is 19.7 Å². The van der Waals surface area contributed by atoms with Crippen LogP contribution < -0.4 is 16.4 Å². The van der Waals surface area contributed by atoms with Gasteiger partial charge in [0.1, 0.15) is 0 Å².